The van der Waals surface area contributed by atoms with Crippen LogP contribution in [0.5, 0.6) is 0 Å². The van der Waals surface area contributed by atoms with Crippen LogP contribution in [0.3, 0.4) is 0 Å². The Morgan fingerprint density at radius 3 is 1.52 bits per heavy atom. The second-order valence-corrected chi connectivity index (χ2v) is 6.06. The molecule has 0 fully saturated rings. The summed E-state index contributed by atoms with van der Waals surface area (Å²) in [5.41, 5.74) is 0. The fourth-order valence-corrected chi connectivity index (χ4v) is 1.86. The lowest BCUT2D eigenvalue weighted by molar-refractivity contribution is 0.0895. The van der Waals surface area contributed by atoms with Crippen molar-refractivity contribution in [2.45, 2.75) is 71.1 Å². The quantitative estimate of drug-likeness (QED) is 0.306. The van der Waals surface area contributed by atoms with Crippen molar-refractivity contribution in [1.82, 2.24) is 0 Å². The van der Waals surface area contributed by atoms with Crippen molar-refractivity contribution in [2.75, 3.05) is 19.8 Å². The van der Waals surface area contributed by atoms with Crippen LogP contribution in [0.15, 0.2) is 0 Å². The Balaban J connectivity index is 0. The number of hydrogen-bond donors (Lipinski definition) is 4. The van der Waals surface area contributed by atoms with Gasteiger partial charge in [-0.15, -0.1) is 0 Å². The molecule has 6 nitrogen and oxygen atoms in total. The molecule has 0 bridgehead atoms. The number of phosphoric acid groups is 1. The maximum absolute atomic E-state index is 8.88. The average molecular weight is 328 g/mol. The lowest BCUT2D eigenvalue weighted by atomic mass is 10.1. The van der Waals surface area contributed by atoms with E-state index in [0.29, 0.717) is 6.61 Å². The van der Waals surface area contributed by atoms with Gasteiger partial charge in [-0.1, -0.05) is 64.7 Å². The normalized spacial score (nSPS) is 11.1. The molecule has 0 aliphatic carbocycles. The molecular formula is C14H33O6P. The number of rotatable bonds is 13. The minimum atomic E-state index is -4.64. The van der Waals surface area contributed by atoms with Crippen LogP contribution >= 0.6 is 7.82 Å². The van der Waals surface area contributed by atoms with E-state index in [1.165, 1.54) is 57.8 Å². The minimum Gasteiger partial charge on any atom is -0.394 e. The second-order valence-electron chi connectivity index (χ2n) is 5.03. The van der Waals surface area contributed by atoms with Gasteiger partial charge in [0.2, 0.25) is 0 Å². The maximum Gasteiger partial charge on any atom is 0.466 e. The number of unbranched alkanes of at least 4 members (excludes halogenated alkanes) is 9. The molecule has 0 rings (SSSR count). The zero-order chi connectivity index (χ0) is 16.4. The van der Waals surface area contributed by atoms with Gasteiger partial charge in [-0.3, -0.25) is 0 Å². The van der Waals surface area contributed by atoms with Gasteiger partial charge in [-0.2, -0.15) is 0 Å². The van der Waals surface area contributed by atoms with E-state index >= 15 is 0 Å². The molecule has 7 heteroatoms. The third-order valence-electron chi connectivity index (χ3n) is 2.88. The second kappa shape index (κ2) is 18.1. The largest absolute Gasteiger partial charge is 0.466 e. The van der Waals surface area contributed by atoms with E-state index in [1.807, 2.05) is 0 Å². The van der Waals surface area contributed by atoms with Gasteiger partial charge in [0.05, 0.1) is 13.2 Å². The summed E-state index contributed by atoms with van der Waals surface area (Å²) in [6.07, 6.45) is 13.6. The van der Waals surface area contributed by atoms with Crippen molar-refractivity contribution in [3.05, 3.63) is 0 Å². The molecule has 0 aromatic heterocycles. The first-order valence-electron chi connectivity index (χ1n) is 7.88. The van der Waals surface area contributed by atoms with Gasteiger partial charge >= 0.3 is 7.82 Å². The number of aliphatic hydroxyl groups excluding tert-OH is 1. The molecule has 0 radical (unpaired) electrons. The average Bonchev–Trinajstić information content (AvgIpc) is 2.38. The zero-order valence-corrected chi connectivity index (χ0v) is 14.1. The number of ether oxygens (including phenoxy) is 1. The maximum atomic E-state index is 8.88. The Labute approximate surface area is 128 Å². The molecule has 0 amide bonds. The van der Waals surface area contributed by atoms with Crippen molar-refractivity contribution >= 4 is 7.82 Å². The van der Waals surface area contributed by atoms with Gasteiger partial charge in [0.25, 0.3) is 0 Å². The van der Waals surface area contributed by atoms with Crippen molar-refractivity contribution in [3.8, 4) is 0 Å². The molecular weight excluding hydrogens is 295 g/mol. The van der Waals surface area contributed by atoms with Crippen molar-refractivity contribution in [1.29, 1.82) is 0 Å². The lowest BCUT2D eigenvalue weighted by Gasteiger charge is -2.03. The monoisotopic (exact) mass is 328 g/mol. The molecule has 4 N–H and O–H groups in total. The van der Waals surface area contributed by atoms with E-state index in [1.54, 1.807) is 0 Å². The topological polar surface area (TPSA) is 107 Å². The van der Waals surface area contributed by atoms with E-state index in [9.17, 15) is 0 Å². The number of aliphatic hydroxyl groups is 1. The van der Waals surface area contributed by atoms with Crippen LogP contribution in [0.4, 0.5) is 0 Å². The van der Waals surface area contributed by atoms with Crippen molar-refractivity contribution < 1.29 is 29.1 Å². The van der Waals surface area contributed by atoms with Crippen molar-refractivity contribution in [3.63, 3.8) is 0 Å². The summed E-state index contributed by atoms with van der Waals surface area (Å²) in [6.45, 7) is 3.73. The summed E-state index contributed by atoms with van der Waals surface area (Å²) in [5.74, 6) is 0. The van der Waals surface area contributed by atoms with Crippen LogP contribution in [0.1, 0.15) is 71.1 Å². The predicted molar refractivity (Wildman–Crippen MR) is 84.0 cm³/mol. The highest BCUT2D eigenvalue weighted by Gasteiger charge is 2.00. The first kappa shape index (κ1) is 23.3. The smallest absolute Gasteiger partial charge is 0.394 e. The first-order valence-corrected chi connectivity index (χ1v) is 9.45. The van der Waals surface area contributed by atoms with Crippen LogP contribution in [0, 0.1) is 0 Å². The van der Waals surface area contributed by atoms with E-state index in [0.717, 1.165) is 13.0 Å². The van der Waals surface area contributed by atoms with Gasteiger partial charge in [0.1, 0.15) is 0 Å². The first-order chi connectivity index (χ1) is 9.91. The SMILES string of the molecule is CCCCCCCCCCCCOCCO.O=P(O)(O)O. The molecule has 0 aromatic rings. The van der Waals surface area contributed by atoms with Gasteiger partial charge in [0, 0.05) is 6.61 Å². The highest BCUT2D eigenvalue weighted by molar-refractivity contribution is 7.45. The Morgan fingerprint density at radius 1 is 0.762 bits per heavy atom. The summed E-state index contributed by atoms with van der Waals surface area (Å²) in [5, 5.41) is 8.50. The molecule has 0 heterocycles. The molecule has 21 heavy (non-hydrogen) atoms. The Bertz CT molecular complexity index is 209. The Kier molecular flexibility index (Phi) is 20.1. The summed E-state index contributed by atoms with van der Waals surface area (Å²) >= 11 is 0. The summed E-state index contributed by atoms with van der Waals surface area (Å²) < 4.78 is 14.1. The summed E-state index contributed by atoms with van der Waals surface area (Å²) in [6, 6.07) is 0. The van der Waals surface area contributed by atoms with Crippen molar-refractivity contribution in [2.24, 2.45) is 0 Å². The van der Waals surface area contributed by atoms with Crippen LogP contribution in [-0.2, 0) is 9.30 Å². The minimum absolute atomic E-state index is 0.151. The molecule has 0 saturated carbocycles. The lowest BCUT2D eigenvalue weighted by Crippen LogP contribution is -2.00. The summed E-state index contributed by atoms with van der Waals surface area (Å²) in [4.78, 5) is 21.6. The van der Waals surface area contributed by atoms with Crippen LogP contribution < -0.4 is 0 Å². The highest BCUT2D eigenvalue weighted by atomic mass is 31.2. The molecule has 0 unspecified atom stereocenters. The molecule has 0 aliphatic heterocycles. The van der Waals surface area contributed by atoms with Crippen LogP contribution in [0.2, 0.25) is 0 Å². The Hall–Kier alpha value is 0.0300. The third-order valence-corrected chi connectivity index (χ3v) is 2.88. The Morgan fingerprint density at radius 2 is 1.14 bits per heavy atom. The van der Waals surface area contributed by atoms with Gasteiger partial charge in [0.15, 0.2) is 0 Å². The van der Waals surface area contributed by atoms with Gasteiger partial charge in [-0.25, -0.2) is 4.57 Å². The van der Waals surface area contributed by atoms with Crippen LogP contribution in [-0.4, -0.2) is 39.6 Å². The van der Waals surface area contributed by atoms with E-state index in [-0.39, 0.29) is 6.61 Å². The fraction of sp³-hybridized carbons (Fsp3) is 1.00. The third kappa shape index (κ3) is 38.4. The molecule has 0 aromatic carbocycles. The van der Waals surface area contributed by atoms with E-state index in [4.69, 9.17) is 29.1 Å². The predicted octanol–water partition coefficient (Wildman–Crippen LogP) is 2.99. The molecule has 0 spiro atoms. The van der Waals surface area contributed by atoms with Gasteiger partial charge < -0.3 is 24.5 Å². The zero-order valence-electron chi connectivity index (χ0n) is 13.2. The van der Waals surface area contributed by atoms with E-state index in [2.05, 4.69) is 6.92 Å². The molecule has 0 saturated heterocycles. The molecule has 0 atom stereocenters. The molecule has 130 valence electrons. The van der Waals surface area contributed by atoms with Gasteiger partial charge in [-0.05, 0) is 6.42 Å². The van der Waals surface area contributed by atoms with E-state index < -0.39 is 7.82 Å². The fourth-order valence-electron chi connectivity index (χ4n) is 1.86. The summed E-state index contributed by atoms with van der Waals surface area (Å²) in [7, 11) is -4.64. The standard InChI is InChI=1S/C14H30O2.H3O4P/c1-2-3-4-5-6-7-8-9-10-11-13-16-14-12-15;1-5(2,3)4/h15H,2-14H2,1H3;(H3,1,2,3,4). The number of hydrogen-bond acceptors (Lipinski definition) is 3. The van der Waals surface area contributed by atoms with Crippen LogP contribution in [0.25, 0.3) is 0 Å². The molecule has 0 aliphatic rings. The highest BCUT2D eigenvalue weighted by Crippen LogP contribution is 2.25.